The second-order valence-electron chi connectivity index (χ2n) is 10.6. The maximum absolute atomic E-state index is 12.5. The number of allylic oxidation sites excluding steroid dienone is 2. The van der Waals surface area contributed by atoms with Gasteiger partial charge in [-0.2, -0.15) is 13.0 Å². The van der Waals surface area contributed by atoms with Gasteiger partial charge in [-0.3, -0.25) is 4.55 Å². The Morgan fingerprint density at radius 1 is 1.15 bits per heavy atom. The first kappa shape index (κ1) is 28.0. The van der Waals surface area contributed by atoms with Crippen molar-refractivity contribution in [2.24, 2.45) is 0 Å². The summed E-state index contributed by atoms with van der Waals surface area (Å²) >= 11 is 3.31. The van der Waals surface area contributed by atoms with E-state index in [0.717, 1.165) is 66.9 Å². The van der Waals surface area contributed by atoms with Crippen LogP contribution in [-0.2, 0) is 21.5 Å². The van der Waals surface area contributed by atoms with Gasteiger partial charge in [0.1, 0.15) is 4.70 Å². The molecule has 10 heteroatoms. The van der Waals surface area contributed by atoms with Gasteiger partial charge in [0.25, 0.3) is 15.1 Å². The Labute approximate surface area is 237 Å². The second-order valence-corrected chi connectivity index (χ2v) is 14.3. The summed E-state index contributed by atoms with van der Waals surface area (Å²) in [4.78, 5) is 13.7. The zero-order valence-electron chi connectivity index (χ0n) is 22.4. The van der Waals surface area contributed by atoms with Crippen molar-refractivity contribution in [3.05, 3.63) is 69.2 Å². The fourth-order valence-corrected chi connectivity index (χ4v) is 8.89. The summed E-state index contributed by atoms with van der Waals surface area (Å²) in [6.07, 6.45) is 7.07. The molecule has 2 aromatic carbocycles. The number of fused-ring (bicyclic) bond motifs is 3. The van der Waals surface area contributed by atoms with Gasteiger partial charge in [-0.05, 0) is 74.2 Å². The number of aliphatic carboxylic acids is 1. The molecule has 2 aliphatic rings. The number of hydrogen-bond acceptors (Lipinski definition) is 5. The van der Waals surface area contributed by atoms with Crippen molar-refractivity contribution in [2.75, 3.05) is 12.3 Å². The molecule has 0 saturated carbocycles. The average Bonchev–Trinajstić information content (AvgIpc) is 3.33. The summed E-state index contributed by atoms with van der Waals surface area (Å²) in [6.45, 7) is 7.34. The Kier molecular flexibility index (Phi) is 7.78. The van der Waals surface area contributed by atoms with Crippen LogP contribution in [-0.4, -0.2) is 42.4 Å². The highest BCUT2D eigenvalue weighted by molar-refractivity contribution is 8.03. The molecule has 0 radical (unpaired) electrons. The van der Waals surface area contributed by atoms with E-state index in [4.69, 9.17) is 0 Å². The van der Waals surface area contributed by atoms with Crippen molar-refractivity contribution >= 4 is 61.2 Å². The van der Waals surface area contributed by atoms with Crippen LogP contribution in [0.5, 0.6) is 0 Å². The van der Waals surface area contributed by atoms with Gasteiger partial charge in [0.2, 0.25) is 5.52 Å². The molecule has 206 valence electrons. The molecule has 7 nitrogen and oxygen atoms in total. The molecule has 3 heterocycles. The van der Waals surface area contributed by atoms with Gasteiger partial charge in [-0.15, -0.1) is 0 Å². The number of carboxylic acids is 1. The number of aromatic nitrogens is 1. The number of carbonyl (C=O) groups is 1. The maximum atomic E-state index is 12.5. The van der Waals surface area contributed by atoms with E-state index in [-0.39, 0.29) is 5.75 Å². The minimum atomic E-state index is -4.04. The van der Waals surface area contributed by atoms with E-state index >= 15 is 0 Å². The fraction of sp³-hybridized carbons (Fsp3) is 0.379. The molecule has 1 spiro atoms. The Morgan fingerprint density at radius 3 is 2.64 bits per heavy atom. The average molecular weight is 587 g/mol. The van der Waals surface area contributed by atoms with Crippen molar-refractivity contribution in [3.63, 3.8) is 0 Å². The molecule has 39 heavy (non-hydrogen) atoms. The van der Waals surface area contributed by atoms with Crippen LogP contribution < -0.4 is 9.05 Å². The number of thioether (sulfide) groups is 1. The third kappa shape index (κ3) is 5.58. The Morgan fingerprint density at radius 2 is 1.90 bits per heavy atom. The lowest BCUT2D eigenvalue weighted by atomic mass is 9.96. The quantitative estimate of drug-likeness (QED) is 0.198. The predicted octanol–water partition coefficient (Wildman–Crippen LogP) is 6.08. The zero-order valence-corrected chi connectivity index (χ0v) is 24.8. The van der Waals surface area contributed by atoms with Gasteiger partial charge in [-0.25, -0.2) is 9.28 Å². The molecule has 2 aliphatic heterocycles. The molecule has 0 aliphatic carbocycles. The van der Waals surface area contributed by atoms with Crippen LogP contribution in [0.1, 0.15) is 48.7 Å². The highest BCUT2D eigenvalue weighted by Crippen LogP contribution is 2.55. The monoisotopic (exact) mass is 586 g/mol. The molecule has 0 bridgehead atoms. The summed E-state index contributed by atoms with van der Waals surface area (Å²) in [5.41, 5.74) is 5.36. The highest BCUT2D eigenvalue weighted by Gasteiger charge is 2.54. The number of rotatable bonds is 7. The van der Waals surface area contributed by atoms with Crippen LogP contribution >= 0.6 is 23.1 Å². The normalized spacial score (nSPS) is 22.6. The highest BCUT2D eigenvalue weighted by atomic mass is 32.2. The van der Waals surface area contributed by atoms with Crippen molar-refractivity contribution in [1.29, 1.82) is 0 Å². The molecule has 1 aromatic heterocycles. The van der Waals surface area contributed by atoms with E-state index in [1.54, 1.807) is 23.1 Å². The predicted molar refractivity (Wildman–Crippen MR) is 158 cm³/mol. The Bertz CT molecular complexity index is 1620. The van der Waals surface area contributed by atoms with Gasteiger partial charge in [-0.1, -0.05) is 23.5 Å². The van der Waals surface area contributed by atoms with Gasteiger partial charge in [0.15, 0.2) is 23.3 Å². The van der Waals surface area contributed by atoms with E-state index in [1.807, 2.05) is 13.8 Å². The first-order valence-corrected chi connectivity index (χ1v) is 16.4. The van der Waals surface area contributed by atoms with E-state index in [1.165, 1.54) is 0 Å². The molecule has 1 fully saturated rings. The van der Waals surface area contributed by atoms with E-state index in [0.29, 0.717) is 23.9 Å². The lowest BCUT2D eigenvalue weighted by Crippen LogP contribution is -2.59. The largest absolute Gasteiger partial charge is 0.477 e. The van der Waals surface area contributed by atoms with Crippen LogP contribution in [0.2, 0.25) is 0 Å². The van der Waals surface area contributed by atoms with Crippen LogP contribution in [0.3, 0.4) is 0 Å². The first-order chi connectivity index (χ1) is 18.5. The molecule has 2 atom stereocenters. The minimum absolute atomic E-state index is 0.291. The minimum Gasteiger partial charge on any atom is -0.477 e. The van der Waals surface area contributed by atoms with Gasteiger partial charge >= 0.3 is 5.97 Å². The molecule has 2 unspecified atom stereocenters. The summed E-state index contributed by atoms with van der Waals surface area (Å²) in [5.74, 6) is -1.05. The van der Waals surface area contributed by atoms with Crippen LogP contribution in [0.15, 0.2) is 58.0 Å². The lowest BCUT2D eigenvalue weighted by molar-refractivity contribution is -0.668. The van der Waals surface area contributed by atoms with Gasteiger partial charge in [0.05, 0.1) is 17.2 Å². The number of benzene rings is 2. The molecule has 3 aromatic rings. The summed E-state index contributed by atoms with van der Waals surface area (Å²) in [6, 6.07) is 12.1. The van der Waals surface area contributed by atoms with Crippen LogP contribution in [0, 0.1) is 13.8 Å². The van der Waals surface area contributed by atoms with Gasteiger partial charge < -0.3 is 5.11 Å². The molecular weight excluding hydrogens is 553 g/mol. The van der Waals surface area contributed by atoms with E-state index < -0.39 is 22.1 Å². The Hall–Kier alpha value is -2.50. The fourth-order valence-electron chi connectivity index (χ4n) is 5.81. The Balaban J connectivity index is 1.59. The third-order valence-corrected chi connectivity index (χ3v) is 10.7. The number of hydrogen-bond donors (Lipinski definition) is 2. The van der Waals surface area contributed by atoms with Crippen LogP contribution in [0.25, 0.3) is 16.3 Å². The number of carboxylic acid groups (broad SMARTS) is 1. The van der Waals surface area contributed by atoms with Crippen molar-refractivity contribution in [3.8, 4) is 0 Å². The maximum Gasteiger partial charge on any atom is 0.363 e. The van der Waals surface area contributed by atoms with E-state index in [9.17, 15) is 22.9 Å². The lowest BCUT2D eigenvalue weighted by Gasteiger charge is -2.42. The third-order valence-electron chi connectivity index (χ3n) is 7.58. The summed E-state index contributed by atoms with van der Waals surface area (Å²) < 4.78 is 35.5. The number of thiazole rings is 1. The zero-order chi connectivity index (χ0) is 27.9. The number of aryl methyl sites for hydroxylation is 3. The van der Waals surface area contributed by atoms with E-state index in [2.05, 4.69) is 60.0 Å². The number of quaternary nitrogens is 1. The molecule has 1 saturated heterocycles. The second kappa shape index (κ2) is 10.8. The molecule has 0 amide bonds. The number of nitrogens with zero attached hydrogens (tertiary/aromatic N) is 2. The topological polar surface area (TPSA) is 95.5 Å². The summed E-state index contributed by atoms with van der Waals surface area (Å²) in [5, 5.41) is 12.3. The molecular formula is C29H34N2O5S3+2. The summed E-state index contributed by atoms with van der Waals surface area (Å²) in [7, 11) is -4.04. The first-order valence-electron chi connectivity index (χ1n) is 13.2. The standard InChI is InChI=1S/C29H32N2O5S3/c1-19-8-10-25-22(15-19)30(12-6-14-39(34,35)36)27(37-25)17-21(3)18-28-31(13-5-4-7-23(31)29(32)33)24-16-20(2)9-11-26(24)38-28/h8-11,15-18,23H,4-7,12-14H2,1-3H3/p+2. The van der Waals surface area contributed by atoms with Crippen molar-refractivity contribution < 1.29 is 27.4 Å². The van der Waals surface area contributed by atoms with Crippen molar-refractivity contribution in [2.45, 2.75) is 63.9 Å². The SMILES string of the molecule is CC(=Cc1sc2ccc(C)cc2[n+]1CCCS(=O)(=O)O)C=C1Sc2ccc(C)cc2[N+]12CCCCC2C(=O)O. The smallest absolute Gasteiger partial charge is 0.363 e. The number of piperidine rings is 1. The van der Waals surface area contributed by atoms with Gasteiger partial charge in [0, 0.05) is 37.1 Å². The molecule has 2 N–H and O–H groups in total. The van der Waals surface area contributed by atoms with Crippen molar-refractivity contribution in [1.82, 2.24) is 4.48 Å². The molecule has 5 rings (SSSR count). The van der Waals surface area contributed by atoms with Crippen LogP contribution in [0.4, 0.5) is 5.69 Å².